The van der Waals surface area contributed by atoms with E-state index in [1.807, 2.05) is 18.2 Å². The van der Waals surface area contributed by atoms with Crippen LogP contribution in [0.25, 0.3) is 22.3 Å². The number of aliphatic hydroxyl groups excluding tert-OH is 1. The van der Waals surface area contributed by atoms with Crippen molar-refractivity contribution in [3.8, 4) is 11.4 Å². The maximum atomic E-state index is 12.7. The van der Waals surface area contributed by atoms with Crippen LogP contribution in [0, 0.1) is 10.8 Å². The lowest BCUT2D eigenvalue weighted by molar-refractivity contribution is -0.128. The largest absolute Gasteiger partial charge is 0.395 e. The van der Waals surface area contributed by atoms with E-state index in [-0.39, 0.29) is 12.5 Å². The number of hydrogen-bond donors (Lipinski definition) is 3. The van der Waals surface area contributed by atoms with E-state index in [1.54, 1.807) is 25.8 Å². The van der Waals surface area contributed by atoms with E-state index in [0.717, 1.165) is 47.2 Å². The summed E-state index contributed by atoms with van der Waals surface area (Å²) in [6.45, 7) is 7.91. The smallest absolute Gasteiger partial charge is 0.234 e. The average Bonchev–Trinajstić information content (AvgIpc) is 3.28. The summed E-state index contributed by atoms with van der Waals surface area (Å²) in [5.74, 6) is -0.116. The molecule has 0 fully saturated rings. The van der Waals surface area contributed by atoms with Crippen LogP contribution in [-0.2, 0) is 17.6 Å². The van der Waals surface area contributed by atoms with Gasteiger partial charge >= 0.3 is 0 Å². The standard InChI is InChI=1S/C23H30N4O2/c1-22(2)9-8-16-19(12-22)25-26-20(16)18-10-14-6-7-15(11-17(14)24-18)27(5)21(29)23(3,4)13-28/h6-7,10-11,24,28H,8-9,12-13H2,1-5H3,(H,25,26). The van der Waals surface area contributed by atoms with Crippen LogP contribution in [0.15, 0.2) is 24.3 Å². The van der Waals surface area contributed by atoms with Crippen molar-refractivity contribution >= 4 is 22.5 Å². The second-order valence-corrected chi connectivity index (χ2v) is 9.73. The lowest BCUT2D eigenvalue weighted by atomic mass is 9.76. The van der Waals surface area contributed by atoms with Crippen molar-refractivity contribution in [2.45, 2.75) is 47.0 Å². The highest BCUT2D eigenvalue weighted by Gasteiger charge is 2.31. The summed E-state index contributed by atoms with van der Waals surface area (Å²) in [4.78, 5) is 17.8. The number of carbonyl (C=O) groups excluding carboxylic acids is 1. The average molecular weight is 395 g/mol. The number of amides is 1. The molecule has 0 spiro atoms. The third kappa shape index (κ3) is 3.46. The van der Waals surface area contributed by atoms with E-state index in [2.05, 4.69) is 35.1 Å². The molecule has 29 heavy (non-hydrogen) atoms. The Balaban J connectivity index is 1.67. The predicted molar refractivity (Wildman–Crippen MR) is 116 cm³/mol. The van der Waals surface area contributed by atoms with Gasteiger partial charge in [-0.2, -0.15) is 5.10 Å². The molecule has 1 aliphatic rings. The number of fused-ring (bicyclic) bond motifs is 2. The molecule has 3 aromatic rings. The van der Waals surface area contributed by atoms with Gasteiger partial charge in [0.1, 0.15) is 5.69 Å². The van der Waals surface area contributed by atoms with Gasteiger partial charge in [0.2, 0.25) is 5.91 Å². The molecule has 6 heteroatoms. The molecule has 1 amide bonds. The van der Waals surface area contributed by atoms with Crippen molar-refractivity contribution < 1.29 is 9.90 Å². The number of nitrogens with zero attached hydrogens (tertiary/aromatic N) is 2. The van der Waals surface area contributed by atoms with Crippen molar-refractivity contribution in [2.75, 3.05) is 18.6 Å². The van der Waals surface area contributed by atoms with E-state index in [1.165, 1.54) is 11.3 Å². The van der Waals surface area contributed by atoms with Crippen molar-refractivity contribution in [1.29, 1.82) is 0 Å². The second kappa shape index (κ2) is 6.73. The number of benzene rings is 1. The highest BCUT2D eigenvalue weighted by atomic mass is 16.3. The van der Waals surface area contributed by atoms with Crippen LogP contribution in [-0.4, -0.2) is 39.8 Å². The minimum Gasteiger partial charge on any atom is -0.395 e. The third-order valence-corrected chi connectivity index (χ3v) is 6.19. The number of carbonyl (C=O) groups is 1. The third-order valence-electron chi connectivity index (χ3n) is 6.19. The molecule has 154 valence electrons. The number of rotatable bonds is 4. The molecular formula is C23H30N4O2. The highest BCUT2D eigenvalue weighted by Crippen LogP contribution is 2.38. The molecular weight excluding hydrogens is 364 g/mol. The van der Waals surface area contributed by atoms with Crippen LogP contribution in [0.5, 0.6) is 0 Å². The summed E-state index contributed by atoms with van der Waals surface area (Å²) in [6, 6.07) is 8.05. The minimum absolute atomic E-state index is 0.116. The summed E-state index contributed by atoms with van der Waals surface area (Å²) < 4.78 is 0. The van der Waals surface area contributed by atoms with E-state index in [0.29, 0.717) is 5.41 Å². The summed E-state index contributed by atoms with van der Waals surface area (Å²) in [6.07, 6.45) is 3.21. The Bertz CT molecular complexity index is 1070. The van der Waals surface area contributed by atoms with E-state index in [4.69, 9.17) is 0 Å². The van der Waals surface area contributed by atoms with Crippen LogP contribution in [0.2, 0.25) is 0 Å². The highest BCUT2D eigenvalue weighted by molar-refractivity contribution is 5.99. The minimum atomic E-state index is -0.813. The van der Waals surface area contributed by atoms with Crippen LogP contribution >= 0.6 is 0 Å². The summed E-state index contributed by atoms with van der Waals surface area (Å²) in [5, 5.41) is 18.4. The monoisotopic (exact) mass is 394 g/mol. The van der Waals surface area contributed by atoms with Gasteiger partial charge in [-0.1, -0.05) is 19.9 Å². The molecule has 2 aromatic heterocycles. The fraction of sp³-hybridized carbons (Fsp3) is 0.478. The number of H-pyrrole nitrogens is 2. The van der Waals surface area contributed by atoms with Gasteiger partial charge in [0.15, 0.2) is 0 Å². The number of hydrogen-bond acceptors (Lipinski definition) is 3. The van der Waals surface area contributed by atoms with Gasteiger partial charge in [-0.15, -0.1) is 0 Å². The SMILES string of the molecule is CN(C(=O)C(C)(C)CO)c1ccc2cc(-c3n[nH]c4c3CCC(C)(C)C4)[nH]c2c1. The first-order valence-corrected chi connectivity index (χ1v) is 10.2. The number of aromatic amines is 2. The number of aromatic nitrogens is 3. The molecule has 0 saturated carbocycles. The molecule has 4 rings (SSSR count). The van der Waals surface area contributed by atoms with Crippen molar-refractivity contribution in [3.05, 3.63) is 35.5 Å². The van der Waals surface area contributed by atoms with E-state index < -0.39 is 5.41 Å². The number of nitrogens with one attached hydrogen (secondary N) is 2. The predicted octanol–water partition coefficient (Wildman–Crippen LogP) is 4.05. The Morgan fingerprint density at radius 1 is 1.31 bits per heavy atom. The zero-order valence-corrected chi connectivity index (χ0v) is 17.9. The molecule has 1 aromatic carbocycles. The molecule has 6 nitrogen and oxygen atoms in total. The van der Waals surface area contributed by atoms with Crippen LogP contribution in [0.3, 0.4) is 0 Å². The fourth-order valence-corrected chi connectivity index (χ4v) is 4.16. The normalized spacial score (nSPS) is 16.1. The van der Waals surface area contributed by atoms with Gasteiger partial charge in [-0.3, -0.25) is 9.89 Å². The molecule has 1 aliphatic carbocycles. The van der Waals surface area contributed by atoms with E-state index >= 15 is 0 Å². The Labute approximate surface area is 171 Å². The summed E-state index contributed by atoms with van der Waals surface area (Å²) >= 11 is 0. The molecule has 0 unspecified atom stereocenters. The van der Waals surface area contributed by atoms with Crippen molar-refractivity contribution in [3.63, 3.8) is 0 Å². The molecule has 0 saturated heterocycles. The molecule has 0 atom stereocenters. The van der Waals surface area contributed by atoms with Crippen LogP contribution in [0.1, 0.15) is 45.4 Å². The van der Waals surface area contributed by atoms with Gasteiger partial charge in [0.05, 0.1) is 17.7 Å². The molecule has 0 bridgehead atoms. The quantitative estimate of drug-likeness (QED) is 0.624. The Morgan fingerprint density at radius 3 is 2.79 bits per heavy atom. The first-order valence-electron chi connectivity index (χ1n) is 10.2. The Morgan fingerprint density at radius 2 is 2.07 bits per heavy atom. The summed E-state index contributed by atoms with van der Waals surface area (Å²) in [5.41, 5.74) is 5.81. The maximum absolute atomic E-state index is 12.7. The Kier molecular flexibility index (Phi) is 4.57. The second-order valence-electron chi connectivity index (χ2n) is 9.73. The zero-order valence-electron chi connectivity index (χ0n) is 17.9. The van der Waals surface area contributed by atoms with Crippen molar-refractivity contribution in [2.24, 2.45) is 10.8 Å². The molecule has 3 N–H and O–H groups in total. The van der Waals surface area contributed by atoms with Gasteiger partial charge < -0.3 is 15.0 Å². The first-order chi connectivity index (χ1) is 13.6. The zero-order chi connectivity index (χ0) is 21.0. The molecule has 2 heterocycles. The van der Waals surface area contributed by atoms with Crippen LogP contribution < -0.4 is 4.90 Å². The number of anilines is 1. The first kappa shape index (κ1) is 19.7. The lowest BCUT2D eigenvalue weighted by Gasteiger charge is -2.28. The van der Waals surface area contributed by atoms with Crippen molar-refractivity contribution in [1.82, 2.24) is 15.2 Å². The van der Waals surface area contributed by atoms with Gasteiger partial charge in [-0.25, -0.2) is 0 Å². The lowest BCUT2D eigenvalue weighted by Crippen LogP contribution is -2.40. The fourth-order valence-electron chi connectivity index (χ4n) is 4.16. The number of aliphatic hydroxyl groups is 1. The van der Waals surface area contributed by atoms with Gasteiger partial charge in [-0.05, 0) is 56.7 Å². The summed E-state index contributed by atoms with van der Waals surface area (Å²) in [7, 11) is 1.75. The van der Waals surface area contributed by atoms with Gasteiger partial charge in [0, 0.05) is 34.9 Å². The van der Waals surface area contributed by atoms with Crippen LogP contribution in [0.4, 0.5) is 5.69 Å². The Hall–Kier alpha value is -2.60. The topological polar surface area (TPSA) is 85.0 Å². The van der Waals surface area contributed by atoms with E-state index in [9.17, 15) is 9.90 Å². The van der Waals surface area contributed by atoms with Gasteiger partial charge in [0.25, 0.3) is 0 Å². The molecule has 0 radical (unpaired) electrons. The molecule has 0 aliphatic heterocycles. The maximum Gasteiger partial charge on any atom is 0.234 e.